The molecule has 0 saturated heterocycles. The van der Waals surface area contributed by atoms with Crippen LogP contribution in [0.2, 0.25) is 0 Å². The van der Waals surface area contributed by atoms with E-state index in [1.807, 2.05) is 61.5 Å². The third-order valence-corrected chi connectivity index (χ3v) is 4.83. The van der Waals surface area contributed by atoms with E-state index >= 15 is 0 Å². The van der Waals surface area contributed by atoms with E-state index in [-0.39, 0.29) is 5.84 Å². The normalized spacial score (nSPS) is 11.4. The van der Waals surface area contributed by atoms with Crippen LogP contribution in [0.25, 0.3) is 10.6 Å². The molecule has 1 heterocycles. The highest BCUT2D eigenvalue weighted by molar-refractivity contribution is 7.15. The van der Waals surface area contributed by atoms with Crippen LogP contribution in [-0.2, 0) is 11.4 Å². The molecular weight excluding hydrogens is 334 g/mol. The van der Waals surface area contributed by atoms with Crippen LogP contribution in [0.4, 0.5) is 0 Å². The minimum absolute atomic E-state index is 0.280. The van der Waals surface area contributed by atoms with Crippen LogP contribution in [0.5, 0.6) is 5.75 Å². The first-order valence-electron chi connectivity index (χ1n) is 7.79. The molecule has 2 N–H and O–H groups in total. The number of hydrogen-bond donors (Lipinski definition) is 1. The van der Waals surface area contributed by atoms with Crippen LogP contribution in [0.15, 0.2) is 59.8 Å². The van der Waals surface area contributed by atoms with Gasteiger partial charge in [-0.05, 0) is 19.1 Å². The van der Waals surface area contributed by atoms with E-state index < -0.39 is 0 Å². The maximum atomic E-state index is 6.00. The van der Waals surface area contributed by atoms with Crippen molar-refractivity contribution in [3.05, 3.63) is 70.7 Å². The van der Waals surface area contributed by atoms with Crippen molar-refractivity contribution in [3.63, 3.8) is 0 Å². The van der Waals surface area contributed by atoms with Crippen molar-refractivity contribution < 1.29 is 9.57 Å². The van der Waals surface area contributed by atoms with Gasteiger partial charge in [-0.3, -0.25) is 0 Å². The number of nitrogens with two attached hydrogens (primary N) is 1. The van der Waals surface area contributed by atoms with Gasteiger partial charge < -0.3 is 15.3 Å². The van der Waals surface area contributed by atoms with Crippen molar-refractivity contribution >= 4 is 17.2 Å². The molecular formula is C19H19N3O2S. The van der Waals surface area contributed by atoms with Gasteiger partial charge in [-0.2, -0.15) is 0 Å². The van der Waals surface area contributed by atoms with E-state index in [0.717, 1.165) is 21.1 Å². The molecule has 0 bridgehead atoms. The lowest BCUT2D eigenvalue weighted by atomic mass is 10.2. The Hall–Kier alpha value is -2.86. The molecule has 3 rings (SSSR count). The summed E-state index contributed by atoms with van der Waals surface area (Å²) in [7, 11) is 1.60. The molecule has 0 fully saturated rings. The lowest BCUT2D eigenvalue weighted by molar-refractivity contribution is 0.132. The van der Waals surface area contributed by atoms with Gasteiger partial charge in [0.25, 0.3) is 0 Å². The summed E-state index contributed by atoms with van der Waals surface area (Å²) in [6.45, 7) is 2.29. The van der Waals surface area contributed by atoms with Crippen molar-refractivity contribution in [2.24, 2.45) is 10.9 Å². The second-order valence-electron chi connectivity index (χ2n) is 5.34. The van der Waals surface area contributed by atoms with Gasteiger partial charge in [0.15, 0.2) is 12.4 Å². The molecule has 0 aliphatic rings. The zero-order chi connectivity index (χ0) is 17.6. The molecule has 0 aliphatic carbocycles. The third kappa shape index (κ3) is 3.97. The minimum Gasteiger partial charge on any atom is -0.496 e. The van der Waals surface area contributed by atoms with E-state index in [9.17, 15) is 0 Å². The Kier molecular flexibility index (Phi) is 5.30. The molecule has 2 aromatic carbocycles. The fraction of sp³-hybridized carbons (Fsp3) is 0.158. The smallest absolute Gasteiger partial charge is 0.174 e. The number of oxime groups is 1. The number of amidine groups is 1. The van der Waals surface area contributed by atoms with Gasteiger partial charge >= 0.3 is 0 Å². The number of aromatic nitrogens is 1. The number of ether oxygens (including phenoxy) is 1. The molecule has 5 nitrogen and oxygen atoms in total. The molecule has 0 saturated carbocycles. The van der Waals surface area contributed by atoms with Crippen molar-refractivity contribution in [2.75, 3.05) is 7.11 Å². The Balaban J connectivity index is 1.71. The molecule has 0 amide bonds. The van der Waals surface area contributed by atoms with Gasteiger partial charge in [-0.15, -0.1) is 11.3 Å². The van der Waals surface area contributed by atoms with Gasteiger partial charge in [0.1, 0.15) is 10.8 Å². The van der Waals surface area contributed by atoms with Crippen LogP contribution >= 0.6 is 11.3 Å². The summed E-state index contributed by atoms with van der Waals surface area (Å²) in [5, 5.41) is 4.99. The van der Waals surface area contributed by atoms with Crippen molar-refractivity contribution in [3.8, 4) is 16.3 Å². The lowest BCUT2D eigenvalue weighted by Crippen LogP contribution is -2.15. The average molecular weight is 353 g/mol. The summed E-state index contributed by atoms with van der Waals surface area (Å²) in [4.78, 5) is 11.1. The molecule has 25 heavy (non-hydrogen) atoms. The molecule has 0 spiro atoms. The standard InChI is InChI=1S/C19H19N3O2S/c1-13-17(25-19(21-13)14-8-4-3-5-9-14)12-24-22-18(20)15-10-6-7-11-16(15)23-2/h3-11H,12H2,1-2H3,(H2,20,22). The largest absolute Gasteiger partial charge is 0.496 e. The first-order chi connectivity index (χ1) is 12.2. The summed E-state index contributed by atoms with van der Waals surface area (Å²) in [6, 6.07) is 17.5. The van der Waals surface area contributed by atoms with E-state index in [0.29, 0.717) is 17.9 Å². The Bertz CT molecular complexity index is 875. The summed E-state index contributed by atoms with van der Waals surface area (Å²) < 4.78 is 5.28. The summed E-state index contributed by atoms with van der Waals surface area (Å²) in [5.74, 6) is 0.940. The molecule has 0 radical (unpaired) electrons. The monoisotopic (exact) mass is 353 g/mol. The summed E-state index contributed by atoms with van der Waals surface area (Å²) in [6.07, 6.45) is 0. The lowest BCUT2D eigenvalue weighted by Gasteiger charge is -2.07. The Morgan fingerprint density at radius 3 is 2.60 bits per heavy atom. The van der Waals surface area contributed by atoms with Crippen LogP contribution in [-0.4, -0.2) is 17.9 Å². The molecule has 128 valence electrons. The summed E-state index contributed by atoms with van der Waals surface area (Å²) in [5.41, 5.74) is 8.74. The van der Waals surface area contributed by atoms with Crippen LogP contribution in [0.1, 0.15) is 16.1 Å². The fourth-order valence-corrected chi connectivity index (χ4v) is 3.31. The van der Waals surface area contributed by atoms with Gasteiger partial charge in [-0.1, -0.05) is 47.6 Å². The number of aryl methyl sites for hydroxylation is 1. The fourth-order valence-electron chi connectivity index (χ4n) is 2.33. The first-order valence-corrected chi connectivity index (χ1v) is 8.61. The number of thiazole rings is 1. The summed E-state index contributed by atoms with van der Waals surface area (Å²) >= 11 is 1.60. The predicted octanol–water partition coefficient (Wildman–Crippen LogP) is 3.96. The molecule has 3 aromatic rings. The van der Waals surface area contributed by atoms with Crippen LogP contribution in [0, 0.1) is 6.92 Å². The molecule has 0 atom stereocenters. The number of para-hydroxylation sites is 1. The third-order valence-electron chi connectivity index (χ3n) is 3.65. The quantitative estimate of drug-likeness (QED) is 0.414. The number of rotatable bonds is 6. The number of methoxy groups -OCH3 is 1. The predicted molar refractivity (Wildman–Crippen MR) is 101 cm³/mol. The van der Waals surface area contributed by atoms with Crippen molar-refractivity contribution in [1.82, 2.24) is 4.98 Å². The van der Waals surface area contributed by atoms with Gasteiger partial charge in [0, 0.05) is 5.56 Å². The van der Waals surface area contributed by atoms with Crippen molar-refractivity contribution in [2.45, 2.75) is 13.5 Å². The second-order valence-corrected chi connectivity index (χ2v) is 6.43. The number of nitrogens with zero attached hydrogens (tertiary/aromatic N) is 2. The Labute approximate surface area is 150 Å². The van der Waals surface area contributed by atoms with E-state index in [4.69, 9.17) is 15.3 Å². The highest BCUT2D eigenvalue weighted by atomic mass is 32.1. The maximum absolute atomic E-state index is 6.00. The zero-order valence-electron chi connectivity index (χ0n) is 14.1. The highest BCUT2D eigenvalue weighted by Crippen LogP contribution is 2.28. The molecule has 0 aliphatic heterocycles. The topological polar surface area (TPSA) is 69.7 Å². The maximum Gasteiger partial charge on any atom is 0.174 e. The Morgan fingerprint density at radius 2 is 1.84 bits per heavy atom. The minimum atomic E-state index is 0.280. The molecule has 6 heteroatoms. The first kappa shape index (κ1) is 17.0. The second kappa shape index (κ2) is 7.81. The van der Waals surface area contributed by atoms with Gasteiger partial charge in [0.05, 0.1) is 23.2 Å². The van der Waals surface area contributed by atoms with E-state index in [2.05, 4.69) is 10.1 Å². The number of hydrogen-bond acceptors (Lipinski definition) is 5. The van der Waals surface area contributed by atoms with Crippen molar-refractivity contribution in [1.29, 1.82) is 0 Å². The highest BCUT2D eigenvalue weighted by Gasteiger charge is 2.10. The Morgan fingerprint density at radius 1 is 1.12 bits per heavy atom. The number of benzene rings is 2. The SMILES string of the molecule is COc1ccccc1/C(N)=N/OCc1sc(-c2ccccc2)nc1C. The zero-order valence-corrected chi connectivity index (χ0v) is 14.9. The van der Waals surface area contributed by atoms with Crippen LogP contribution < -0.4 is 10.5 Å². The van der Waals surface area contributed by atoms with Gasteiger partial charge in [0.2, 0.25) is 0 Å². The van der Waals surface area contributed by atoms with Gasteiger partial charge in [-0.25, -0.2) is 4.98 Å². The average Bonchev–Trinajstić information content (AvgIpc) is 3.03. The van der Waals surface area contributed by atoms with E-state index in [1.54, 1.807) is 18.4 Å². The van der Waals surface area contributed by atoms with Crippen LogP contribution in [0.3, 0.4) is 0 Å². The molecule has 0 unspecified atom stereocenters. The van der Waals surface area contributed by atoms with E-state index in [1.165, 1.54) is 0 Å². The molecule has 1 aromatic heterocycles.